The summed E-state index contributed by atoms with van der Waals surface area (Å²) in [4.78, 5) is 20.5. The molecule has 0 aliphatic carbocycles. The number of carbonyl (C=O) groups excluding carboxylic acids is 1. The van der Waals surface area contributed by atoms with E-state index in [1.54, 1.807) is 0 Å². The summed E-state index contributed by atoms with van der Waals surface area (Å²) in [6.45, 7) is -0.596. The second kappa shape index (κ2) is 5.97. The predicted molar refractivity (Wildman–Crippen MR) is 66.3 cm³/mol. The van der Waals surface area contributed by atoms with Crippen LogP contribution in [0.4, 0.5) is 5.69 Å². The van der Waals surface area contributed by atoms with Crippen molar-refractivity contribution in [2.24, 2.45) is 5.73 Å². The molecule has 0 saturated carbocycles. The molecule has 0 atom stereocenters. The lowest BCUT2D eigenvalue weighted by atomic mass is 10.3. The van der Waals surface area contributed by atoms with Crippen LogP contribution >= 0.6 is 0 Å². The number of carbonyl (C=O) groups is 1. The molecule has 0 saturated heterocycles. The summed E-state index contributed by atoms with van der Waals surface area (Å²) in [7, 11) is -4.37. The van der Waals surface area contributed by atoms with Crippen LogP contribution in [-0.2, 0) is 19.1 Å². The summed E-state index contributed by atoms with van der Waals surface area (Å²) >= 11 is 0. The number of benzene rings is 1. The van der Waals surface area contributed by atoms with Gasteiger partial charge in [0.1, 0.15) is 11.4 Å². The van der Waals surface area contributed by atoms with E-state index >= 15 is 0 Å². The summed E-state index contributed by atoms with van der Waals surface area (Å²) in [6, 6.07) is 3.82. The highest BCUT2D eigenvalue weighted by molar-refractivity contribution is 7.87. The van der Waals surface area contributed by atoms with Gasteiger partial charge in [0.15, 0.2) is 5.96 Å². The summed E-state index contributed by atoms with van der Waals surface area (Å²) < 4.78 is 27.5. The van der Waals surface area contributed by atoms with E-state index in [0.717, 1.165) is 24.3 Å². The highest BCUT2D eigenvalue weighted by Gasteiger charge is 2.21. The fourth-order valence-electron chi connectivity index (χ4n) is 1.10. The Balaban J connectivity index is 2.80. The van der Waals surface area contributed by atoms with E-state index in [9.17, 15) is 23.3 Å². The molecule has 20 heavy (non-hydrogen) atoms. The molecule has 0 spiro atoms. The Kier molecular flexibility index (Phi) is 4.59. The first-order chi connectivity index (χ1) is 9.22. The number of guanidine groups is 1. The Labute approximate surface area is 113 Å². The largest absolute Gasteiger partial charge is 0.370 e. The fourth-order valence-corrected chi connectivity index (χ4v) is 1.97. The third-order valence-electron chi connectivity index (χ3n) is 1.96. The molecule has 0 heterocycles. The van der Waals surface area contributed by atoms with Crippen molar-refractivity contribution in [2.45, 2.75) is 4.90 Å². The highest BCUT2D eigenvalue weighted by Crippen LogP contribution is 2.17. The van der Waals surface area contributed by atoms with Crippen molar-refractivity contribution in [3.63, 3.8) is 0 Å². The van der Waals surface area contributed by atoms with Crippen LogP contribution in [0.1, 0.15) is 0 Å². The molecule has 10 nitrogen and oxygen atoms in total. The minimum absolute atomic E-state index is 0.298. The fraction of sp³-hybridized carbons (Fsp3) is 0.111. The van der Waals surface area contributed by atoms with Crippen LogP contribution in [0.5, 0.6) is 0 Å². The third kappa shape index (κ3) is 4.20. The number of hydrogen-bond donors (Lipinski definition) is 3. The number of nitro groups is 1. The predicted octanol–water partition coefficient (Wildman–Crippen LogP) is -0.690. The molecule has 0 radical (unpaired) electrons. The van der Waals surface area contributed by atoms with Gasteiger partial charge in [-0.15, -0.1) is 0 Å². The number of rotatable bonds is 5. The van der Waals surface area contributed by atoms with Crippen molar-refractivity contribution in [1.29, 1.82) is 5.41 Å². The minimum atomic E-state index is -4.37. The van der Waals surface area contributed by atoms with Gasteiger partial charge in [-0.25, -0.2) is 4.79 Å². The van der Waals surface area contributed by atoms with E-state index in [-0.39, 0.29) is 5.69 Å². The highest BCUT2D eigenvalue weighted by atomic mass is 32.2. The normalized spacial score (nSPS) is 10.6. The Morgan fingerprint density at radius 1 is 1.40 bits per heavy atom. The molecule has 11 heteroatoms. The maximum Gasteiger partial charge on any atom is 0.341 e. The summed E-state index contributed by atoms with van der Waals surface area (Å²) in [6.07, 6.45) is 0. The smallest absolute Gasteiger partial charge is 0.341 e. The van der Waals surface area contributed by atoms with E-state index in [0.29, 0.717) is 0 Å². The molecule has 0 aromatic heterocycles. The average molecular weight is 302 g/mol. The van der Waals surface area contributed by atoms with Crippen LogP contribution in [0.15, 0.2) is 29.2 Å². The SMILES string of the molecule is N=C(N)NCC(=O)OS(=O)(=O)c1ccc([N+](=O)[O-])cc1. The van der Waals surface area contributed by atoms with Gasteiger partial charge < -0.3 is 15.2 Å². The number of non-ortho nitro benzene ring substituents is 1. The molecule has 0 bridgehead atoms. The molecule has 1 aromatic rings. The monoisotopic (exact) mass is 302 g/mol. The maximum atomic E-state index is 11.6. The molecule has 1 aromatic carbocycles. The van der Waals surface area contributed by atoms with Crippen LogP contribution in [0, 0.1) is 15.5 Å². The number of nitrogens with one attached hydrogen (secondary N) is 2. The first-order valence-electron chi connectivity index (χ1n) is 5.02. The quantitative estimate of drug-likeness (QED) is 0.211. The van der Waals surface area contributed by atoms with Gasteiger partial charge in [-0.1, -0.05) is 0 Å². The van der Waals surface area contributed by atoms with Crippen molar-refractivity contribution in [2.75, 3.05) is 6.54 Å². The van der Waals surface area contributed by atoms with Crippen molar-refractivity contribution < 1.29 is 22.3 Å². The zero-order valence-electron chi connectivity index (χ0n) is 9.90. The molecule has 4 N–H and O–H groups in total. The zero-order chi connectivity index (χ0) is 15.3. The Morgan fingerprint density at radius 2 is 1.95 bits per heavy atom. The molecule has 1 rings (SSSR count). The summed E-state index contributed by atoms with van der Waals surface area (Å²) in [5.41, 5.74) is 4.61. The molecular formula is C9H10N4O6S. The molecule has 0 unspecified atom stereocenters. The Morgan fingerprint density at radius 3 is 2.40 bits per heavy atom. The Bertz CT molecular complexity index is 639. The average Bonchev–Trinajstić information content (AvgIpc) is 2.36. The number of nitrogens with two attached hydrogens (primary N) is 1. The van der Waals surface area contributed by atoms with Gasteiger partial charge in [0.05, 0.1) is 4.92 Å². The lowest BCUT2D eigenvalue weighted by Gasteiger charge is -2.06. The van der Waals surface area contributed by atoms with Crippen molar-refractivity contribution in [3.8, 4) is 0 Å². The number of nitrogens with zero attached hydrogens (tertiary/aromatic N) is 1. The number of nitro benzene ring substituents is 1. The summed E-state index contributed by atoms with van der Waals surface area (Å²) in [5, 5.41) is 19.3. The van der Waals surface area contributed by atoms with Crippen LogP contribution in [0.3, 0.4) is 0 Å². The van der Waals surface area contributed by atoms with Gasteiger partial charge >= 0.3 is 16.1 Å². The lowest BCUT2D eigenvalue weighted by molar-refractivity contribution is -0.384. The maximum absolute atomic E-state index is 11.6. The van der Waals surface area contributed by atoms with E-state index in [1.165, 1.54) is 0 Å². The molecule has 0 aliphatic rings. The van der Waals surface area contributed by atoms with E-state index in [1.807, 2.05) is 0 Å². The van der Waals surface area contributed by atoms with Gasteiger partial charge in [-0.05, 0) is 12.1 Å². The second-order valence-corrected chi connectivity index (χ2v) is 4.97. The van der Waals surface area contributed by atoms with Gasteiger partial charge in [0.25, 0.3) is 5.69 Å². The molecular weight excluding hydrogens is 292 g/mol. The first kappa shape index (κ1) is 15.4. The van der Waals surface area contributed by atoms with Crippen molar-refractivity contribution in [1.82, 2.24) is 5.32 Å². The van der Waals surface area contributed by atoms with Crippen LogP contribution in [-0.4, -0.2) is 31.8 Å². The van der Waals surface area contributed by atoms with Gasteiger partial charge in [-0.2, -0.15) is 8.42 Å². The second-order valence-electron chi connectivity index (χ2n) is 3.43. The number of hydrogen-bond acceptors (Lipinski definition) is 7. The third-order valence-corrected chi connectivity index (χ3v) is 3.22. The standard InChI is InChI=1S/C9H10N4O6S/c10-9(11)12-5-8(14)19-20(17,18)7-3-1-6(2-4-7)13(15)16/h1-4H,5H2,(H4,10,11,12). The first-order valence-corrected chi connectivity index (χ1v) is 6.43. The van der Waals surface area contributed by atoms with Gasteiger partial charge in [0.2, 0.25) is 0 Å². The topological polar surface area (TPSA) is 165 Å². The molecule has 0 fully saturated rings. The Hall–Kier alpha value is -2.69. The van der Waals surface area contributed by atoms with Crippen molar-refractivity contribution >= 4 is 27.7 Å². The van der Waals surface area contributed by atoms with E-state index in [4.69, 9.17) is 11.1 Å². The van der Waals surface area contributed by atoms with E-state index < -0.39 is 38.4 Å². The van der Waals surface area contributed by atoms with Crippen LogP contribution in [0.25, 0.3) is 0 Å². The molecule has 0 amide bonds. The molecule has 108 valence electrons. The lowest BCUT2D eigenvalue weighted by Crippen LogP contribution is -2.35. The summed E-state index contributed by atoms with van der Waals surface area (Å²) in [5.74, 6) is -1.69. The van der Waals surface area contributed by atoms with Crippen LogP contribution in [0.2, 0.25) is 0 Å². The van der Waals surface area contributed by atoms with Crippen LogP contribution < -0.4 is 11.1 Å². The zero-order valence-corrected chi connectivity index (χ0v) is 10.7. The molecule has 0 aliphatic heterocycles. The minimum Gasteiger partial charge on any atom is -0.370 e. The van der Waals surface area contributed by atoms with Gasteiger partial charge in [0, 0.05) is 12.1 Å². The van der Waals surface area contributed by atoms with E-state index in [2.05, 4.69) is 9.50 Å². The van der Waals surface area contributed by atoms with Crippen molar-refractivity contribution in [3.05, 3.63) is 34.4 Å². The van der Waals surface area contributed by atoms with Gasteiger partial charge in [-0.3, -0.25) is 15.5 Å².